The van der Waals surface area contributed by atoms with Crippen LogP contribution in [0.5, 0.6) is 0 Å². The van der Waals surface area contributed by atoms with E-state index in [1.165, 1.54) is 31.2 Å². The van der Waals surface area contributed by atoms with Crippen LogP contribution < -0.4 is 0 Å². The molecule has 2 fully saturated rings. The highest BCUT2D eigenvalue weighted by Gasteiger charge is 2.42. The average Bonchev–Trinajstić information content (AvgIpc) is 3.28. The summed E-state index contributed by atoms with van der Waals surface area (Å²) in [7, 11) is 0. The van der Waals surface area contributed by atoms with Gasteiger partial charge in [0.25, 0.3) is 5.91 Å². The molecule has 0 bridgehead atoms. The fourth-order valence-corrected chi connectivity index (χ4v) is 5.97. The van der Waals surface area contributed by atoms with Crippen LogP contribution in [0.25, 0.3) is 16.9 Å². The Hall–Kier alpha value is -3.54. The molecular weight excluding hydrogens is 410 g/mol. The van der Waals surface area contributed by atoms with E-state index in [-0.39, 0.29) is 11.9 Å². The Bertz CT molecular complexity index is 1270. The van der Waals surface area contributed by atoms with Crippen LogP contribution in [0.15, 0.2) is 73.4 Å². The zero-order chi connectivity index (χ0) is 22.2. The van der Waals surface area contributed by atoms with Crippen molar-refractivity contribution in [1.82, 2.24) is 24.3 Å². The molecule has 6 heteroatoms. The lowest BCUT2D eigenvalue weighted by atomic mass is 9.69. The van der Waals surface area contributed by atoms with Crippen molar-refractivity contribution in [3.05, 3.63) is 84.7 Å². The van der Waals surface area contributed by atoms with Gasteiger partial charge in [0.15, 0.2) is 5.69 Å². The molecule has 1 amide bonds. The standard InChI is InChI=1S/C27H27N5O/c33-27(25-24-12-6-7-14-31(24)26(30-25)20-16-28-18-29-17-20)32-15-13-21(19-8-2-1-3-9-19)22-10-4-5-11-23(22)32/h1-3,6-9,12,14,16-18,21-23H,4-5,10-11,13,15H2. The third kappa shape index (κ3) is 3.50. The van der Waals surface area contributed by atoms with Gasteiger partial charge >= 0.3 is 0 Å². The number of nitrogens with zero attached hydrogens (tertiary/aromatic N) is 5. The summed E-state index contributed by atoms with van der Waals surface area (Å²) in [6.45, 7) is 0.773. The minimum atomic E-state index is 0.0465. The fourth-order valence-electron chi connectivity index (χ4n) is 5.97. The van der Waals surface area contributed by atoms with Crippen molar-refractivity contribution in [1.29, 1.82) is 0 Å². The number of piperidine rings is 1. The Kier molecular flexibility index (Phi) is 5.13. The molecule has 33 heavy (non-hydrogen) atoms. The molecular formula is C27H27N5O. The van der Waals surface area contributed by atoms with E-state index in [0.29, 0.717) is 23.4 Å². The lowest BCUT2D eigenvalue weighted by Crippen LogP contribution is -2.52. The molecule has 3 aromatic heterocycles. The largest absolute Gasteiger partial charge is 0.334 e. The molecule has 2 aliphatic rings. The molecule has 6 rings (SSSR count). The lowest BCUT2D eigenvalue weighted by Gasteiger charge is -2.48. The zero-order valence-electron chi connectivity index (χ0n) is 18.5. The predicted octanol–water partition coefficient (Wildman–Crippen LogP) is 4.98. The molecule has 1 aliphatic carbocycles. The number of amides is 1. The number of imidazole rings is 1. The molecule has 6 nitrogen and oxygen atoms in total. The Morgan fingerprint density at radius 3 is 2.55 bits per heavy atom. The maximum Gasteiger partial charge on any atom is 0.274 e. The van der Waals surface area contributed by atoms with Crippen molar-refractivity contribution in [2.45, 2.75) is 44.1 Å². The number of fused-ring (bicyclic) bond motifs is 2. The summed E-state index contributed by atoms with van der Waals surface area (Å²) in [4.78, 5) is 29.2. The van der Waals surface area contributed by atoms with E-state index in [9.17, 15) is 4.79 Å². The minimum absolute atomic E-state index is 0.0465. The van der Waals surface area contributed by atoms with Gasteiger partial charge in [-0.1, -0.05) is 49.2 Å². The first-order valence-corrected chi connectivity index (χ1v) is 11.9. The number of carbonyl (C=O) groups excluding carboxylic acids is 1. The predicted molar refractivity (Wildman–Crippen MR) is 127 cm³/mol. The number of aromatic nitrogens is 4. The van der Waals surface area contributed by atoms with E-state index >= 15 is 0 Å². The van der Waals surface area contributed by atoms with E-state index in [1.807, 2.05) is 28.8 Å². The SMILES string of the molecule is O=C(c1nc(-c2cncnc2)n2ccccc12)N1CCC(c2ccccc2)C2CCCCC21. The van der Waals surface area contributed by atoms with Gasteiger partial charge in [-0.2, -0.15) is 0 Å². The molecule has 1 saturated carbocycles. The van der Waals surface area contributed by atoms with E-state index in [2.05, 4.69) is 45.2 Å². The monoisotopic (exact) mass is 437 g/mol. The summed E-state index contributed by atoms with van der Waals surface area (Å²) < 4.78 is 1.97. The highest BCUT2D eigenvalue weighted by atomic mass is 16.2. The second-order valence-corrected chi connectivity index (χ2v) is 9.19. The third-order valence-corrected chi connectivity index (χ3v) is 7.44. The molecule has 0 radical (unpaired) electrons. The fraction of sp³-hybridized carbons (Fsp3) is 0.333. The van der Waals surface area contributed by atoms with Crippen LogP contribution in [0.4, 0.5) is 0 Å². The number of rotatable bonds is 3. The van der Waals surface area contributed by atoms with Crippen molar-refractivity contribution in [2.75, 3.05) is 6.54 Å². The normalized spacial score (nSPS) is 22.8. The summed E-state index contributed by atoms with van der Waals surface area (Å²) >= 11 is 0. The molecule has 3 unspecified atom stereocenters. The van der Waals surface area contributed by atoms with E-state index in [4.69, 9.17) is 4.98 Å². The molecule has 3 atom stereocenters. The van der Waals surface area contributed by atoms with Gasteiger partial charge in [-0.15, -0.1) is 0 Å². The van der Waals surface area contributed by atoms with Crippen LogP contribution in [0.1, 0.15) is 54.1 Å². The number of carbonyl (C=O) groups is 1. The van der Waals surface area contributed by atoms with Gasteiger partial charge in [-0.3, -0.25) is 9.20 Å². The van der Waals surface area contributed by atoms with Gasteiger partial charge in [0.1, 0.15) is 12.2 Å². The molecule has 4 heterocycles. The first-order chi connectivity index (χ1) is 16.3. The van der Waals surface area contributed by atoms with Crippen LogP contribution in [0.2, 0.25) is 0 Å². The van der Waals surface area contributed by atoms with Crippen LogP contribution in [0.3, 0.4) is 0 Å². The van der Waals surface area contributed by atoms with Gasteiger partial charge in [0, 0.05) is 31.2 Å². The minimum Gasteiger partial charge on any atom is -0.334 e. The molecule has 0 spiro atoms. The van der Waals surface area contributed by atoms with Gasteiger partial charge in [-0.25, -0.2) is 15.0 Å². The summed E-state index contributed by atoms with van der Waals surface area (Å²) in [5, 5.41) is 0. The summed E-state index contributed by atoms with van der Waals surface area (Å²) in [6, 6.07) is 17.0. The van der Waals surface area contributed by atoms with Crippen LogP contribution in [0, 0.1) is 5.92 Å². The molecule has 0 N–H and O–H groups in total. The summed E-state index contributed by atoms with van der Waals surface area (Å²) in [5.41, 5.74) is 3.58. The maximum absolute atomic E-state index is 14.0. The summed E-state index contributed by atoms with van der Waals surface area (Å²) in [6.07, 6.45) is 12.6. The Labute approximate surface area is 193 Å². The highest BCUT2D eigenvalue weighted by Crippen LogP contribution is 2.44. The van der Waals surface area contributed by atoms with E-state index in [1.54, 1.807) is 12.4 Å². The number of likely N-dealkylation sites (tertiary alicyclic amines) is 1. The van der Waals surface area contributed by atoms with Crippen LogP contribution in [-0.2, 0) is 0 Å². The molecule has 1 saturated heterocycles. The number of hydrogen-bond acceptors (Lipinski definition) is 4. The third-order valence-electron chi connectivity index (χ3n) is 7.44. The second kappa shape index (κ2) is 8.43. The van der Waals surface area contributed by atoms with Crippen LogP contribution >= 0.6 is 0 Å². The first kappa shape index (κ1) is 20.1. The van der Waals surface area contributed by atoms with Gasteiger partial charge in [-0.05, 0) is 48.8 Å². The second-order valence-electron chi connectivity index (χ2n) is 9.19. The highest BCUT2D eigenvalue weighted by molar-refractivity contribution is 6.00. The molecule has 166 valence electrons. The molecule has 1 aliphatic heterocycles. The average molecular weight is 438 g/mol. The smallest absolute Gasteiger partial charge is 0.274 e. The van der Waals surface area contributed by atoms with Crippen molar-refractivity contribution in [2.24, 2.45) is 5.92 Å². The van der Waals surface area contributed by atoms with E-state index < -0.39 is 0 Å². The maximum atomic E-state index is 14.0. The molecule has 4 aromatic rings. The Morgan fingerprint density at radius 2 is 1.70 bits per heavy atom. The van der Waals surface area contributed by atoms with Crippen LogP contribution in [-0.4, -0.2) is 42.7 Å². The number of pyridine rings is 1. The Morgan fingerprint density at radius 1 is 0.909 bits per heavy atom. The Balaban J connectivity index is 1.37. The van der Waals surface area contributed by atoms with Crippen molar-refractivity contribution >= 4 is 11.4 Å². The van der Waals surface area contributed by atoms with Gasteiger partial charge < -0.3 is 4.90 Å². The van der Waals surface area contributed by atoms with Gasteiger partial charge in [0.05, 0.1) is 11.1 Å². The first-order valence-electron chi connectivity index (χ1n) is 11.9. The van der Waals surface area contributed by atoms with E-state index in [0.717, 1.165) is 30.5 Å². The number of benzene rings is 1. The number of hydrogen-bond donors (Lipinski definition) is 0. The van der Waals surface area contributed by atoms with Crippen molar-refractivity contribution in [3.8, 4) is 11.4 Å². The van der Waals surface area contributed by atoms with Gasteiger partial charge in [0.2, 0.25) is 0 Å². The molecule has 1 aromatic carbocycles. The topological polar surface area (TPSA) is 63.4 Å². The quantitative estimate of drug-likeness (QED) is 0.453. The summed E-state index contributed by atoms with van der Waals surface area (Å²) in [5.74, 6) is 1.78. The lowest BCUT2D eigenvalue weighted by molar-refractivity contribution is 0.0316. The zero-order valence-corrected chi connectivity index (χ0v) is 18.5. The van der Waals surface area contributed by atoms with Crippen molar-refractivity contribution < 1.29 is 4.79 Å². The van der Waals surface area contributed by atoms with Crippen molar-refractivity contribution in [3.63, 3.8) is 0 Å².